The molecule has 0 aliphatic carbocycles. The number of halogens is 3. The molecule has 0 bridgehead atoms. The summed E-state index contributed by atoms with van der Waals surface area (Å²) in [5, 5.41) is 0. The summed E-state index contributed by atoms with van der Waals surface area (Å²) in [4.78, 5) is 2.13. The van der Waals surface area contributed by atoms with Crippen molar-refractivity contribution in [3.05, 3.63) is 34.9 Å². The molecule has 1 aromatic carbocycles. The molecule has 2 nitrogen and oxygen atoms in total. The van der Waals surface area contributed by atoms with Gasteiger partial charge in [-0.2, -0.15) is 13.2 Å². The normalized spacial score (nSPS) is 17.4. The van der Waals surface area contributed by atoms with E-state index in [0.717, 1.165) is 30.6 Å². The van der Waals surface area contributed by atoms with E-state index in [4.69, 9.17) is 4.74 Å². The molecular formula is C15H20F3NO. The number of rotatable bonds is 4. The average molecular weight is 287 g/mol. The summed E-state index contributed by atoms with van der Waals surface area (Å²) in [6.07, 6.45) is -2.75. The first-order valence-corrected chi connectivity index (χ1v) is 6.99. The van der Waals surface area contributed by atoms with Gasteiger partial charge in [0.25, 0.3) is 0 Å². The topological polar surface area (TPSA) is 12.5 Å². The van der Waals surface area contributed by atoms with Gasteiger partial charge >= 0.3 is 6.18 Å². The van der Waals surface area contributed by atoms with Gasteiger partial charge in [0.15, 0.2) is 0 Å². The summed E-state index contributed by atoms with van der Waals surface area (Å²) >= 11 is 0. The number of hydrogen-bond donors (Lipinski definition) is 0. The molecule has 5 heteroatoms. The Morgan fingerprint density at radius 2 is 1.75 bits per heavy atom. The van der Waals surface area contributed by atoms with Crippen LogP contribution in [0.2, 0.25) is 0 Å². The van der Waals surface area contributed by atoms with E-state index in [1.807, 2.05) is 13.0 Å². The third-order valence-corrected chi connectivity index (χ3v) is 3.43. The Morgan fingerprint density at radius 1 is 1.10 bits per heavy atom. The highest BCUT2D eigenvalue weighted by molar-refractivity contribution is 5.32. The molecule has 1 aromatic rings. The van der Waals surface area contributed by atoms with E-state index >= 15 is 0 Å². The highest BCUT2D eigenvalue weighted by atomic mass is 19.4. The first kappa shape index (κ1) is 15.3. The summed E-state index contributed by atoms with van der Waals surface area (Å²) in [5.74, 6) is 0. The number of alkyl halides is 3. The van der Waals surface area contributed by atoms with E-state index in [-0.39, 0.29) is 0 Å². The van der Waals surface area contributed by atoms with Crippen LogP contribution in [-0.4, -0.2) is 31.2 Å². The second-order valence-electron chi connectivity index (χ2n) is 5.17. The summed E-state index contributed by atoms with van der Waals surface area (Å²) in [6.45, 7) is 5.40. The molecule has 0 spiro atoms. The van der Waals surface area contributed by atoms with E-state index < -0.39 is 11.7 Å². The quantitative estimate of drug-likeness (QED) is 0.840. The van der Waals surface area contributed by atoms with Crippen molar-refractivity contribution in [2.45, 2.75) is 32.5 Å². The van der Waals surface area contributed by atoms with Crippen molar-refractivity contribution < 1.29 is 17.9 Å². The maximum atomic E-state index is 12.9. The molecular weight excluding hydrogens is 267 g/mol. The van der Waals surface area contributed by atoms with Crippen LogP contribution in [0.4, 0.5) is 13.2 Å². The fourth-order valence-electron chi connectivity index (χ4n) is 2.47. The number of aryl methyl sites for hydroxylation is 1. The predicted molar refractivity (Wildman–Crippen MR) is 71.5 cm³/mol. The van der Waals surface area contributed by atoms with Crippen LogP contribution in [0.3, 0.4) is 0 Å². The van der Waals surface area contributed by atoms with Gasteiger partial charge in [0, 0.05) is 19.6 Å². The molecule has 1 aliphatic heterocycles. The SMILES string of the molecule is CCCc1cc(CN2CCOCC2)cc(C(F)(F)F)c1. The summed E-state index contributed by atoms with van der Waals surface area (Å²) < 4.78 is 44.1. The van der Waals surface area contributed by atoms with Crippen LogP contribution in [0.1, 0.15) is 30.0 Å². The molecule has 0 unspecified atom stereocenters. The van der Waals surface area contributed by atoms with Crippen molar-refractivity contribution in [1.82, 2.24) is 4.90 Å². The van der Waals surface area contributed by atoms with E-state index in [0.29, 0.717) is 26.2 Å². The molecule has 1 saturated heterocycles. The van der Waals surface area contributed by atoms with Gasteiger partial charge in [0.05, 0.1) is 18.8 Å². The van der Waals surface area contributed by atoms with Gasteiger partial charge in [-0.25, -0.2) is 0 Å². The largest absolute Gasteiger partial charge is 0.416 e. The molecule has 1 fully saturated rings. The molecule has 1 heterocycles. The highest BCUT2D eigenvalue weighted by Gasteiger charge is 2.31. The van der Waals surface area contributed by atoms with Crippen molar-refractivity contribution >= 4 is 0 Å². The van der Waals surface area contributed by atoms with E-state index in [9.17, 15) is 13.2 Å². The molecule has 112 valence electrons. The fraction of sp³-hybridized carbons (Fsp3) is 0.600. The zero-order valence-electron chi connectivity index (χ0n) is 11.7. The third kappa shape index (κ3) is 4.21. The molecule has 0 amide bonds. The third-order valence-electron chi connectivity index (χ3n) is 3.43. The molecule has 1 aliphatic rings. The van der Waals surface area contributed by atoms with Gasteiger partial charge in [-0.05, 0) is 29.7 Å². The minimum atomic E-state index is -4.27. The van der Waals surface area contributed by atoms with Crippen LogP contribution in [-0.2, 0) is 23.9 Å². The van der Waals surface area contributed by atoms with Gasteiger partial charge in [0.2, 0.25) is 0 Å². The fourth-order valence-corrected chi connectivity index (χ4v) is 2.47. The van der Waals surface area contributed by atoms with Crippen molar-refractivity contribution in [3.8, 4) is 0 Å². The second kappa shape index (κ2) is 6.59. The van der Waals surface area contributed by atoms with Crippen molar-refractivity contribution in [2.75, 3.05) is 26.3 Å². The Labute approximate surface area is 117 Å². The Hall–Kier alpha value is -1.07. The van der Waals surface area contributed by atoms with Gasteiger partial charge in [-0.3, -0.25) is 4.90 Å². The first-order valence-electron chi connectivity index (χ1n) is 6.99. The van der Waals surface area contributed by atoms with Crippen molar-refractivity contribution in [1.29, 1.82) is 0 Å². The molecule has 0 N–H and O–H groups in total. The first-order chi connectivity index (χ1) is 9.49. The van der Waals surface area contributed by atoms with Gasteiger partial charge < -0.3 is 4.74 Å². The minimum Gasteiger partial charge on any atom is -0.379 e. The van der Waals surface area contributed by atoms with Crippen LogP contribution in [0.15, 0.2) is 18.2 Å². The van der Waals surface area contributed by atoms with Crippen LogP contribution in [0.25, 0.3) is 0 Å². The number of nitrogens with zero attached hydrogens (tertiary/aromatic N) is 1. The van der Waals surface area contributed by atoms with E-state index in [1.54, 1.807) is 0 Å². The van der Waals surface area contributed by atoms with Gasteiger partial charge in [-0.15, -0.1) is 0 Å². The molecule has 20 heavy (non-hydrogen) atoms. The van der Waals surface area contributed by atoms with Crippen LogP contribution in [0, 0.1) is 0 Å². The van der Waals surface area contributed by atoms with Gasteiger partial charge in [-0.1, -0.05) is 19.4 Å². The standard InChI is InChI=1S/C15H20F3NO/c1-2-3-12-8-13(10-14(9-12)15(16,17)18)11-19-4-6-20-7-5-19/h8-10H,2-7,11H2,1H3. The summed E-state index contributed by atoms with van der Waals surface area (Å²) in [6, 6.07) is 4.44. The zero-order valence-corrected chi connectivity index (χ0v) is 11.7. The van der Waals surface area contributed by atoms with Crippen molar-refractivity contribution in [3.63, 3.8) is 0 Å². The Morgan fingerprint density at radius 3 is 2.35 bits per heavy atom. The Bertz CT molecular complexity index is 439. The predicted octanol–water partition coefficient (Wildman–Crippen LogP) is 3.49. The van der Waals surface area contributed by atoms with E-state index in [2.05, 4.69) is 4.90 Å². The summed E-state index contributed by atoms with van der Waals surface area (Å²) in [5.41, 5.74) is 0.975. The second-order valence-corrected chi connectivity index (χ2v) is 5.17. The maximum absolute atomic E-state index is 12.9. The minimum absolute atomic E-state index is 0.535. The lowest BCUT2D eigenvalue weighted by molar-refractivity contribution is -0.137. The number of benzene rings is 1. The molecule has 2 rings (SSSR count). The van der Waals surface area contributed by atoms with Crippen LogP contribution < -0.4 is 0 Å². The molecule has 0 atom stereocenters. The number of ether oxygens (including phenoxy) is 1. The monoisotopic (exact) mass is 287 g/mol. The lowest BCUT2D eigenvalue weighted by Gasteiger charge is -2.27. The average Bonchev–Trinajstić information content (AvgIpc) is 2.39. The van der Waals surface area contributed by atoms with Crippen LogP contribution in [0.5, 0.6) is 0 Å². The van der Waals surface area contributed by atoms with Crippen LogP contribution >= 0.6 is 0 Å². The Balaban J connectivity index is 2.19. The molecule has 0 radical (unpaired) electrons. The number of hydrogen-bond acceptors (Lipinski definition) is 2. The molecule has 0 aromatic heterocycles. The van der Waals surface area contributed by atoms with Crippen molar-refractivity contribution in [2.24, 2.45) is 0 Å². The smallest absolute Gasteiger partial charge is 0.379 e. The zero-order chi connectivity index (χ0) is 14.6. The highest BCUT2D eigenvalue weighted by Crippen LogP contribution is 2.31. The summed E-state index contributed by atoms with van der Waals surface area (Å²) in [7, 11) is 0. The maximum Gasteiger partial charge on any atom is 0.416 e. The Kier molecular flexibility index (Phi) is 5.05. The number of morpholine rings is 1. The van der Waals surface area contributed by atoms with E-state index in [1.165, 1.54) is 12.1 Å². The lowest BCUT2D eigenvalue weighted by atomic mass is 10.0. The molecule has 0 saturated carbocycles. The lowest BCUT2D eigenvalue weighted by Crippen LogP contribution is -2.35. The van der Waals surface area contributed by atoms with Gasteiger partial charge in [0.1, 0.15) is 0 Å².